The van der Waals surface area contributed by atoms with Crippen molar-refractivity contribution in [3.05, 3.63) is 40.4 Å². The van der Waals surface area contributed by atoms with E-state index in [4.69, 9.17) is 16.2 Å². The van der Waals surface area contributed by atoms with Crippen LogP contribution in [0.2, 0.25) is 5.02 Å². The third-order valence-corrected chi connectivity index (χ3v) is 5.38. The fourth-order valence-corrected chi connectivity index (χ4v) is 3.59. The molecule has 29 heavy (non-hydrogen) atoms. The highest BCUT2D eigenvalue weighted by Crippen LogP contribution is 2.23. The average molecular weight is 425 g/mol. The van der Waals surface area contributed by atoms with Gasteiger partial charge >= 0.3 is 0 Å². The molecule has 1 aliphatic rings. The second-order valence-electron chi connectivity index (χ2n) is 7.69. The number of hydrogen-bond donors (Lipinski definition) is 3. The Labute approximate surface area is 174 Å². The van der Waals surface area contributed by atoms with E-state index >= 15 is 0 Å². The summed E-state index contributed by atoms with van der Waals surface area (Å²) in [5.41, 5.74) is 3.11. The minimum absolute atomic E-state index is 0.00869. The molecule has 1 saturated heterocycles. The number of nitrogens with one attached hydrogen (secondary N) is 2. The van der Waals surface area contributed by atoms with Crippen LogP contribution < -0.4 is 10.8 Å². The predicted octanol–water partition coefficient (Wildman–Crippen LogP) is 3.27. The van der Waals surface area contributed by atoms with Crippen molar-refractivity contribution in [3.63, 3.8) is 0 Å². The van der Waals surface area contributed by atoms with Crippen LogP contribution >= 0.6 is 11.6 Å². The van der Waals surface area contributed by atoms with Crippen molar-refractivity contribution in [3.8, 4) is 0 Å². The molecule has 2 heterocycles. The highest BCUT2D eigenvalue weighted by atomic mass is 35.5. The van der Waals surface area contributed by atoms with Crippen molar-refractivity contribution in [2.45, 2.75) is 45.2 Å². The van der Waals surface area contributed by atoms with Crippen LogP contribution in [0.15, 0.2) is 27.8 Å². The largest absolute Gasteiger partial charge is 0.309 e. The summed E-state index contributed by atoms with van der Waals surface area (Å²) in [6.45, 7) is 7.79. The Morgan fingerprint density at radius 3 is 2.76 bits per heavy atom. The summed E-state index contributed by atoms with van der Waals surface area (Å²) in [5.74, 6) is -0.519. The van der Waals surface area contributed by atoms with Crippen LogP contribution in [0, 0.1) is 5.82 Å². The second-order valence-corrected chi connectivity index (χ2v) is 8.10. The van der Waals surface area contributed by atoms with Gasteiger partial charge in [-0.3, -0.25) is 15.6 Å². The maximum atomic E-state index is 13.3. The van der Waals surface area contributed by atoms with Crippen LogP contribution in [0.25, 0.3) is 0 Å². The van der Waals surface area contributed by atoms with E-state index in [1.807, 2.05) is 5.48 Å². The Kier molecular flexibility index (Phi) is 7.18. The molecule has 0 saturated carbocycles. The van der Waals surface area contributed by atoms with Crippen LogP contribution in [-0.4, -0.2) is 51.4 Å². The third-order valence-electron chi connectivity index (χ3n) is 5.09. The average Bonchev–Trinajstić information content (AvgIpc) is 3.17. The molecule has 0 bridgehead atoms. The Morgan fingerprint density at radius 2 is 2.07 bits per heavy atom. The summed E-state index contributed by atoms with van der Waals surface area (Å²) < 4.78 is 18.2. The second kappa shape index (κ2) is 9.62. The molecule has 0 amide bonds. The lowest BCUT2D eigenvalue weighted by molar-refractivity contribution is 0.0940. The van der Waals surface area contributed by atoms with Crippen LogP contribution in [0.5, 0.6) is 0 Å². The summed E-state index contributed by atoms with van der Waals surface area (Å²) in [5, 5.41) is 20.6. The summed E-state index contributed by atoms with van der Waals surface area (Å²) in [6, 6.07) is 3.98. The molecule has 2 aromatic rings. The van der Waals surface area contributed by atoms with Gasteiger partial charge in [-0.05, 0) is 63.1 Å². The Morgan fingerprint density at radius 1 is 1.31 bits per heavy atom. The van der Waals surface area contributed by atoms with Gasteiger partial charge in [-0.15, -0.1) is 0 Å². The zero-order valence-corrected chi connectivity index (χ0v) is 17.3. The van der Waals surface area contributed by atoms with E-state index in [1.165, 1.54) is 37.5 Å². The molecular formula is C19H26ClFN6O2. The standard InChI is InChI=1S/C19H26ClFN6O2/c1-19(2,27-8-4-3-5-9-27)12-22-11-16-17(26-29-25-16)18(24-28)23-13-6-7-15(21)14(20)10-13/h6-7,10,22,28H,3-5,8-9,11-12H2,1-2H3,(H,23,24). The number of nitrogens with zero attached hydrogens (tertiary/aromatic N) is 4. The van der Waals surface area contributed by atoms with E-state index in [1.54, 1.807) is 0 Å². The fraction of sp³-hybridized carbons (Fsp3) is 0.526. The first-order valence-corrected chi connectivity index (χ1v) is 10.00. The summed E-state index contributed by atoms with van der Waals surface area (Å²) >= 11 is 5.78. The number of hydroxylamine groups is 1. The molecule has 10 heteroatoms. The van der Waals surface area contributed by atoms with Gasteiger partial charge in [0.2, 0.25) is 0 Å². The van der Waals surface area contributed by atoms with Crippen molar-refractivity contribution < 1.29 is 14.2 Å². The monoisotopic (exact) mass is 424 g/mol. The minimum atomic E-state index is -0.548. The maximum Gasteiger partial charge on any atom is 0.182 e. The number of aromatic nitrogens is 2. The quantitative estimate of drug-likeness (QED) is 0.356. The smallest absolute Gasteiger partial charge is 0.182 e. The van der Waals surface area contributed by atoms with Crippen LogP contribution in [0.4, 0.5) is 10.1 Å². The van der Waals surface area contributed by atoms with Crippen LogP contribution in [-0.2, 0) is 6.54 Å². The first-order chi connectivity index (χ1) is 13.9. The fourth-order valence-electron chi connectivity index (χ4n) is 3.41. The van der Waals surface area contributed by atoms with Gasteiger partial charge in [0, 0.05) is 18.6 Å². The van der Waals surface area contributed by atoms with Crippen molar-refractivity contribution >= 4 is 23.1 Å². The predicted molar refractivity (Wildman–Crippen MR) is 108 cm³/mol. The number of aliphatic imine (C=N–C) groups is 1. The number of rotatable bonds is 7. The number of benzene rings is 1. The van der Waals surface area contributed by atoms with E-state index < -0.39 is 5.82 Å². The van der Waals surface area contributed by atoms with Crippen molar-refractivity contribution in [2.24, 2.45) is 4.99 Å². The molecule has 0 atom stereocenters. The van der Waals surface area contributed by atoms with Crippen molar-refractivity contribution in [1.29, 1.82) is 0 Å². The Hall–Kier alpha value is -2.07. The van der Waals surface area contributed by atoms with Crippen LogP contribution in [0.3, 0.4) is 0 Å². The number of hydrogen-bond acceptors (Lipinski definition) is 7. The molecule has 0 spiro atoms. The van der Waals surface area contributed by atoms with Gasteiger partial charge in [0.15, 0.2) is 11.5 Å². The number of amidine groups is 1. The molecule has 1 aromatic carbocycles. The van der Waals surface area contributed by atoms with Crippen LogP contribution in [0.1, 0.15) is 44.5 Å². The van der Waals surface area contributed by atoms with Crippen molar-refractivity contribution in [1.82, 2.24) is 26.0 Å². The molecule has 3 N–H and O–H groups in total. The molecular weight excluding hydrogens is 399 g/mol. The lowest BCUT2D eigenvalue weighted by Gasteiger charge is -2.41. The first-order valence-electron chi connectivity index (χ1n) is 9.62. The molecule has 0 radical (unpaired) electrons. The molecule has 1 aromatic heterocycles. The molecule has 1 fully saturated rings. The number of likely N-dealkylation sites (tertiary alicyclic amines) is 1. The Bertz CT molecular complexity index is 851. The number of halogens is 2. The van der Waals surface area contributed by atoms with E-state index in [9.17, 15) is 9.60 Å². The molecule has 158 valence electrons. The summed E-state index contributed by atoms with van der Waals surface area (Å²) in [4.78, 5) is 6.71. The highest BCUT2D eigenvalue weighted by Gasteiger charge is 2.27. The van der Waals surface area contributed by atoms with E-state index in [0.717, 1.165) is 19.6 Å². The van der Waals surface area contributed by atoms with Gasteiger partial charge in [0.25, 0.3) is 0 Å². The van der Waals surface area contributed by atoms with E-state index in [0.29, 0.717) is 17.9 Å². The highest BCUT2D eigenvalue weighted by molar-refractivity contribution is 6.31. The summed E-state index contributed by atoms with van der Waals surface area (Å²) in [6.07, 6.45) is 3.76. The number of piperidine rings is 1. The molecule has 0 unspecified atom stereocenters. The SMILES string of the molecule is CC(C)(CNCc1nonc1C(=Nc1ccc(F)c(Cl)c1)NO)N1CCCCC1. The zero-order chi connectivity index (χ0) is 20.9. The molecule has 1 aliphatic heterocycles. The minimum Gasteiger partial charge on any atom is -0.309 e. The van der Waals surface area contributed by atoms with Crippen molar-refractivity contribution in [2.75, 3.05) is 19.6 Å². The van der Waals surface area contributed by atoms with E-state index in [2.05, 4.69) is 39.4 Å². The molecule has 0 aliphatic carbocycles. The first kappa shape index (κ1) is 21.6. The zero-order valence-electron chi connectivity index (χ0n) is 16.6. The van der Waals surface area contributed by atoms with Gasteiger partial charge in [0.1, 0.15) is 11.5 Å². The van der Waals surface area contributed by atoms with Gasteiger partial charge in [-0.25, -0.2) is 14.0 Å². The topological polar surface area (TPSA) is 98.8 Å². The van der Waals surface area contributed by atoms with Gasteiger partial charge < -0.3 is 5.32 Å². The third kappa shape index (κ3) is 5.51. The van der Waals surface area contributed by atoms with Gasteiger partial charge in [-0.2, -0.15) is 0 Å². The van der Waals surface area contributed by atoms with E-state index in [-0.39, 0.29) is 22.1 Å². The lowest BCUT2D eigenvalue weighted by Crippen LogP contribution is -2.52. The van der Waals surface area contributed by atoms with Gasteiger partial charge in [-0.1, -0.05) is 23.2 Å². The lowest BCUT2D eigenvalue weighted by atomic mass is 9.98. The molecule has 8 nitrogen and oxygen atoms in total. The normalized spacial score (nSPS) is 16.2. The maximum absolute atomic E-state index is 13.3. The molecule has 3 rings (SSSR count). The Balaban J connectivity index is 1.67. The summed E-state index contributed by atoms with van der Waals surface area (Å²) in [7, 11) is 0. The van der Waals surface area contributed by atoms with Gasteiger partial charge in [0.05, 0.1) is 10.7 Å².